The molecule has 0 aliphatic carbocycles. The predicted octanol–water partition coefficient (Wildman–Crippen LogP) is 2.49. The average molecular weight is 377 g/mol. The van der Waals surface area contributed by atoms with E-state index in [0.29, 0.717) is 17.1 Å². The SMILES string of the molecule is COc1cccc(C[S@@](=O)CC2=CS(=O)(=O)C(Br)=C2)c1. The topological polar surface area (TPSA) is 60.4 Å². The van der Waals surface area contributed by atoms with Crippen molar-refractivity contribution in [2.75, 3.05) is 12.9 Å². The molecule has 1 aromatic carbocycles. The van der Waals surface area contributed by atoms with Gasteiger partial charge in [0, 0.05) is 27.7 Å². The van der Waals surface area contributed by atoms with Crippen molar-refractivity contribution in [2.45, 2.75) is 5.75 Å². The Bertz CT molecular complexity index is 705. The summed E-state index contributed by atoms with van der Waals surface area (Å²) < 4.78 is 40.3. The molecular formula is C13H13BrO4S2. The number of sulfone groups is 1. The standard InChI is InChI=1S/C13H13BrO4S2/c1-18-12-4-2-3-10(5-12)7-19(15)8-11-6-13(14)20(16,17)9-11/h2-6,9H,7-8H2,1H3/t19-/m1/s1. The Kier molecular flexibility index (Phi) is 4.82. The highest BCUT2D eigenvalue weighted by Crippen LogP contribution is 2.27. The molecule has 4 nitrogen and oxygen atoms in total. The number of benzene rings is 1. The number of ether oxygens (including phenoxy) is 1. The van der Waals surface area contributed by atoms with Crippen molar-refractivity contribution < 1.29 is 17.4 Å². The predicted molar refractivity (Wildman–Crippen MR) is 83.7 cm³/mol. The molecule has 0 fully saturated rings. The number of rotatable bonds is 5. The van der Waals surface area contributed by atoms with E-state index < -0.39 is 20.6 Å². The Hall–Kier alpha value is -0.920. The molecule has 20 heavy (non-hydrogen) atoms. The summed E-state index contributed by atoms with van der Waals surface area (Å²) in [5.74, 6) is 1.29. The van der Waals surface area contributed by atoms with Gasteiger partial charge in [-0.15, -0.1) is 0 Å². The Morgan fingerprint density at radius 3 is 2.65 bits per heavy atom. The first kappa shape index (κ1) is 15.5. The first-order chi connectivity index (χ1) is 9.40. The van der Waals surface area contributed by atoms with Gasteiger partial charge in [0.25, 0.3) is 0 Å². The molecule has 1 atom stereocenters. The van der Waals surface area contributed by atoms with E-state index in [1.165, 1.54) is 6.08 Å². The zero-order chi connectivity index (χ0) is 14.8. The molecule has 0 spiro atoms. The molecule has 7 heteroatoms. The van der Waals surface area contributed by atoms with Gasteiger partial charge in [0.05, 0.1) is 7.11 Å². The number of methoxy groups -OCH3 is 1. The highest BCUT2D eigenvalue weighted by Gasteiger charge is 2.21. The minimum atomic E-state index is -3.34. The van der Waals surface area contributed by atoms with Crippen molar-refractivity contribution in [3.63, 3.8) is 0 Å². The van der Waals surface area contributed by atoms with Crippen LogP contribution in [-0.2, 0) is 26.4 Å². The quantitative estimate of drug-likeness (QED) is 0.791. The summed E-state index contributed by atoms with van der Waals surface area (Å²) in [5.41, 5.74) is 1.45. The maximum Gasteiger partial charge on any atom is 0.206 e. The summed E-state index contributed by atoms with van der Waals surface area (Å²) in [7, 11) is -2.94. The number of halogens is 1. The van der Waals surface area contributed by atoms with E-state index in [4.69, 9.17) is 4.74 Å². The molecule has 1 aromatic rings. The maximum atomic E-state index is 12.1. The summed E-state index contributed by atoms with van der Waals surface area (Å²) in [6.45, 7) is 0. The Balaban J connectivity index is 2.04. The lowest BCUT2D eigenvalue weighted by Gasteiger charge is -2.04. The Labute approximate surface area is 129 Å². The van der Waals surface area contributed by atoms with Crippen LogP contribution < -0.4 is 4.74 Å². The fraction of sp³-hybridized carbons (Fsp3) is 0.231. The molecule has 0 amide bonds. The average Bonchev–Trinajstić information content (AvgIpc) is 2.62. The molecule has 0 N–H and O–H groups in total. The van der Waals surface area contributed by atoms with Crippen LogP contribution in [0.5, 0.6) is 5.75 Å². The van der Waals surface area contributed by atoms with Crippen molar-refractivity contribution in [2.24, 2.45) is 0 Å². The molecular weight excluding hydrogens is 364 g/mol. The normalized spacial score (nSPS) is 18.3. The molecule has 0 radical (unpaired) electrons. The third kappa shape index (κ3) is 3.80. The lowest BCUT2D eigenvalue weighted by atomic mass is 10.2. The minimum Gasteiger partial charge on any atom is -0.497 e. The van der Waals surface area contributed by atoms with Crippen molar-refractivity contribution in [1.29, 1.82) is 0 Å². The van der Waals surface area contributed by atoms with Gasteiger partial charge in [0.1, 0.15) is 9.56 Å². The van der Waals surface area contributed by atoms with Crippen molar-refractivity contribution in [3.8, 4) is 5.75 Å². The van der Waals surface area contributed by atoms with Gasteiger partial charge in [-0.3, -0.25) is 4.21 Å². The van der Waals surface area contributed by atoms with E-state index in [-0.39, 0.29) is 9.57 Å². The maximum absolute atomic E-state index is 12.1. The van der Waals surface area contributed by atoms with Crippen LogP contribution >= 0.6 is 15.9 Å². The van der Waals surface area contributed by atoms with Gasteiger partial charge in [0.15, 0.2) is 0 Å². The van der Waals surface area contributed by atoms with Gasteiger partial charge in [0.2, 0.25) is 9.84 Å². The summed E-state index contributed by atoms with van der Waals surface area (Å²) in [5, 5.41) is 1.15. The Morgan fingerprint density at radius 2 is 2.05 bits per heavy atom. The first-order valence-corrected chi connectivity index (χ1v) is 9.54. The van der Waals surface area contributed by atoms with Gasteiger partial charge in [-0.25, -0.2) is 8.42 Å². The fourth-order valence-electron chi connectivity index (χ4n) is 1.78. The zero-order valence-electron chi connectivity index (χ0n) is 10.7. The van der Waals surface area contributed by atoms with Crippen LogP contribution in [0.4, 0.5) is 0 Å². The first-order valence-electron chi connectivity index (χ1n) is 5.71. The van der Waals surface area contributed by atoms with Crippen LogP contribution in [0, 0.1) is 0 Å². The minimum absolute atomic E-state index is 0.124. The van der Waals surface area contributed by atoms with E-state index >= 15 is 0 Å². The van der Waals surface area contributed by atoms with Crippen molar-refractivity contribution in [3.05, 3.63) is 50.7 Å². The van der Waals surface area contributed by atoms with Crippen LogP contribution in [0.1, 0.15) is 5.56 Å². The van der Waals surface area contributed by atoms with Gasteiger partial charge in [-0.2, -0.15) is 0 Å². The molecule has 0 unspecified atom stereocenters. The monoisotopic (exact) mass is 376 g/mol. The molecule has 0 aromatic heterocycles. The van der Waals surface area contributed by atoms with Gasteiger partial charge in [-0.1, -0.05) is 12.1 Å². The van der Waals surface area contributed by atoms with Crippen molar-refractivity contribution in [1.82, 2.24) is 0 Å². The molecule has 108 valence electrons. The van der Waals surface area contributed by atoms with Gasteiger partial charge < -0.3 is 4.74 Å². The molecule has 1 aliphatic rings. The van der Waals surface area contributed by atoms with Crippen LogP contribution in [0.3, 0.4) is 0 Å². The molecule has 0 saturated heterocycles. The van der Waals surface area contributed by atoms with Crippen LogP contribution in [0.2, 0.25) is 0 Å². The second-order valence-corrected chi connectivity index (χ2v) is 8.87. The third-order valence-electron chi connectivity index (χ3n) is 2.67. The summed E-state index contributed by atoms with van der Waals surface area (Å²) in [6.07, 6.45) is 1.50. The zero-order valence-corrected chi connectivity index (χ0v) is 13.9. The molecule has 0 bridgehead atoms. The van der Waals surface area contributed by atoms with E-state index in [1.54, 1.807) is 7.11 Å². The second kappa shape index (κ2) is 6.24. The lowest BCUT2D eigenvalue weighted by molar-refractivity contribution is 0.414. The Morgan fingerprint density at radius 1 is 1.30 bits per heavy atom. The van der Waals surface area contributed by atoms with E-state index in [1.807, 2.05) is 24.3 Å². The summed E-state index contributed by atoms with van der Waals surface area (Å²) >= 11 is 2.98. The molecule has 2 rings (SSSR count). The van der Waals surface area contributed by atoms with Gasteiger partial charge >= 0.3 is 0 Å². The summed E-state index contributed by atoms with van der Waals surface area (Å²) in [4.78, 5) is 0. The smallest absolute Gasteiger partial charge is 0.206 e. The highest BCUT2D eigenvalue weighted by molar-refractivity contribution is 9.13. The number of hydrogen-bond acceptors (Lipinski definition) is 4. The molecule has 0 saturated carbocycles. The molecule has 1 aliphatic heterocycles. The third-order valence-corrected chi connectivity index (χ3v) is 6.83. The van der Waals surface area contributed by atoms with E-state index in [0.717, 1.165) is 11.0 Å². The van der Waals surface area contributed by atoms with Crippen molar-refractivity contribution >= 4 is 36.6 Å². The van der Waals surface area contributed by atoms with E-state index in [9.17, 15) is 12.6 Å². The molecule has 1 heterocycles. The highest BCUT2D eigenvalue weighted by atomic mass is 79.9. The lowest BCUT2D eigenvalue weighted by Crippen LogP contribution is -2.02. The summed E-state index contributed by atoms with van der Waals surface area (Å²) in [6, 6.07) is 7.34. The fourth-order valence-corrected chi connectivity index (χ4v) is 4.63. The number of hydrogen-bond donors (Lipinski definition) is 0. The second-order valence-electron chi connectivity index (χ2n) is 4.27. The largest absolute Gasteiger partial charge is 0.497 e. The van der Waals surface area contributed by atoms with E-state index in [2.05, 4.69) is 15.9 Å². The van der Waals surface area contributed by atoms with Gasteiger partial charge in [-0.05, 0) is 45.3 Å². The van der Waals surface area contributed by atoms with Crippen LogP contribution in [0.15, 0.2) is 45.1 Å². The van der Waals surface area contributed by atoms with Crippen LogP contribution in [0.25, 0.3) is 0 Å². The van der Waals surface area contributed by atoms with Crippen LogP contribution in [-0.4, -0.2) is 25.5 Å². The number of allylic oxidation sites excluding steroid dienone is 1.